The normalized spacial score (nSPS) is 10.4. The minimum atomic E-state index is -0.485. The second-order valence-corrected chi connectivity index (χ2v) is 6.43. The van der Waals surface area contributed by atoms with Crippen molar-refractivity contribution in [1.29, 1.82) is 0 Å². The van der Waals surface area contributed by atoms with E-state index in [1.807, 2.05) is 22.9 Å². The molecule has 1 aromatic carbocycles. The third-order valence-electron chi connectivity index (χ3n) is 3.06. The molecule has 0 saturated heterocycles. The Balaban J connectivity index is 1.70. The van der Waals surface area contributed by atoms with E-state index in [2.05, 4.69) is 10.3 Å². The molecule has 0 saturated carbocycles. The first-order valence-corrected chi connectivity index (χ1v) is 8.41. The lowest BCUT2D eigenvalue weighted by molar-refractivity contribution is -0.385. The van der Waals surface area contributed by atoms with Gasteiger partial charge in [-0.15, -0.1) is 22.7 Å². The van der Waals surface area contributed by atoms with E-state index in [0.29, 0.717) is 10.7 Å². The van der Waals surface area contributed by atoms with Crippen molar-refractivity contribution in [3.05, 3.63) is 62.8 Å². The summed E-state index contributed by atoms with van der Waals surface area (Å²) in [5.41, 5.74) is 1.14. The van der Waals surface area contributed by atoms with Crippen LogP contribution in [0, 0.1) is 10.1 Å². The topological polar surface area (TPSA) is 85.1 Å². The molecule has 0 bridgehead atoms. The molecule has 3 rings (SSSR count). The van der Waals surface area contributed by atoms with Crippen LogP contribution in [0.5, 0.6) is 0 Å². The first-order chi connectivity index (χ1) is 11.1. The predicted octanol–water partition coefficient (Wildman–Crippen LogP) is 3.96. The molecule has 0 atom stereocenters. The van der Waals surface area contributed by atoms with E-state index in [1.165, 1.54) is 17.4 Å². The van der Waals surface area contributed by atoms with Crippen LogP contribution in [0.2, 0.25) is 0 Å². The number of nitro groups is 1. The van der Waals surface area contributed by atoms with Gasteiger partial charge in [-0.2, -0.15) is 0 Å². The van der Waals surface area contributed by atoms with Crippen LogP contribution >= 0.6 is 22.7 Å². The number of anilines is 1. The minimum Gasteiger partial charge on any atom is -0.302 e. The van der Waals surface area contributed by atoms with Gasteiger partial charge in [0.2, 0.25) is 5.91 Å². The zero-order chi connectivity index (χ0) is 16.2. The van der Waals surface area contributed by atoms with Gasteiger partial charge in [-0.25, -0.2) is 4.98 Å². The molecule has 6 nitrogen and oxygen atoms in total. The van der Waals surface area contributed by atoms with Crippen molar-refractivity contribution in [3.63, 3.8) is 0 Å². The summed E-state index contributed by atoms with van der Waals surface area (Å²) in [7, 11) is 0. The van der Waals surface area contributed by atoms with Gasteiger partial charge in [0, 0.05) is 17.0 Å². The maximum Gasteiger partial charge on any atom is 0.273 e. The van der Waals surface area contributed by atoms with Crippen molar-refractivity contribution in [3.8, 4) is 10.6 Å². The summed E-state index contributed by atoms with van der Waals surface area (Å²) in [5.74, 6) is -0.327. The highest BCUT2D eigenvalue weighted by molar-refractivity contribution is 7.16. The third-order valence-corrected chi connectivity index (χ3v) is 4.71. The zero-order valence-electron chi connectivity index (χ0n) is 11.8. The Kier molecular flexibility index (Phi) is 4.45. The van der Waals surface area contributed by atoms with Crippen LogP contribution in [0.25, 0.3) is 10.6 Å². The van der Waals surface area contributed by atoms with Gasteiger partial charge in [0.25, 0.3) is 5.69 Å². The fraction of sp³-hybridized carbons (Fsp3) is 0.0667. The zero-order valence-corrected chi connectivity index (χ0v) is 13.4. The molecule has 0 unspecified atom stereocenters. The molecule has 116 valence electrons. The lowest BCUT2D eigenvalue weighted by atomic mass is 10.1. The molecule has 8 heteroatoms. The van der Waals surface area contributed by atoms with Crippen LogP contribution in [-0.2, 0) is 11.2 Å². The average molecular weight is 345 g/mol. The molecular weight excluding hydrogens is 334 g/mol. The number of hydrogen-bond donors (Lipinski definition) is 1. The van der Waals surface area contributed by atoms with E-state index >= 15 is 0 Å². The molecule has 1 amide bonds. The molecule has 23 heavy (non-hydrogen) atoms. The Hall–Kier alpha value is -2.58. The first-order valence-electron chi connectivity index (χ1n) is 6.65. The van der Waals surface area contributed by atoms with E-state index in [1.54, 1.807) is 29.5 Å². The number of thiophene rings is 1. The summed E-state index contributed by atoms with van der Waals surface area (Å²) in [4.78, 5) is 27.9. The number of nitro benzene ring substituents is 1. The number of thiazole rings is 1. The lowest BCUT2D eigenvalue weighted by Crippen LogP contribution is -2.15. The molecule has 2 heterocycles. The van der Waals surface area contributed by atoms with Crippen molar-refractivity contribution in [2.24, 2.45) is 0 Å². The standard InChI is InChI=1S/C15H11N3O3S2/c19-14(8-10-4-1-2-5-12(10)18(20)21)17-15-16-11(9-23-15)13-6-3-7-22-13/h1-7,9H,8H2,(H,16,17,19). The highest BCUT2D eigenvalue weighted by Gasteiger charge is 2.16. The smallest absolute Gasteiger partial charge is 0.273 e. The molecule has 2 aromatic heterocycles. The molecule has 1 N–H and O–H groups in total. The van der Waals surface area contributed by atoms with Crippen molar-refractivity contribution >= 4 is 39.4 Å². The quantitative estimate of drug-likeness (QED) is 0.560. The Bertz CT molecular complexity index is 843. The highest BCUT2D eigenvalue weighted by atomic mass is 32.1. The van der Waals surface area contributed by atoms with Crippen LogP contribution < -0.4 is 5.32 Å². The SMILES string of the molecule is O=C(Cc1ccccc1[N+](=O)[O-])Nc1nc(-c2cccs2)cs1. The summed E-state index contributed by atoms with van der Waals surface area (Å²) >= 11 is 2.90. The summed E-state index contributed by atoms with van der Waals surface area (Å²) in [5, 5.41) is 18.0. The van der Waals surface area contributed by atoms with Gasteiger partial charge in [-0.3, -0.25) is 14.9 Å². The fourth-order valence-electron chi connectivity index (χ4n) is 2.04. The summed E-state index contributed by atoms with van der Waals surface area (Å²) in [6.07, 6.45) is -0.0644. The van der Waals surface area contributed by atoms with E-state index in [9.17, 15) is 14.9 Å². The number of para-hydroxylation sites is 1. The van der Waals surface area contributed by atoms with Gasteiger partial charge in [0.1, 0.15) is 0 Å². The summed E-state index contributed by atoms with van der Waals surface area (Å²) < 4.78 is 0. The second kappa shape index (κ2) is 6.67. The Morgan fingerprint density at radius 1 is 1.22 bits per heavy atom. The fourth-order valence-corrected chi connectivity index (χ4v) is 3.53. The number of carbonyl (C=O) groups is 1. The number of amides is 1. The van der Waals surface area contributed by atoms with E-state index in [0.717, 1.165) is 10.6 Å². The number of carbonyl (C=O) groups excluding carboxylic acids is 1. The molecule has 0 aliphatic heterocycles. The number of hydrogen-bond acceptors (Lipinski definition) is 6. The number of nitrogens with one attached hydrogen (secondary N) is 1. The van der Waals surface area contributed by atoms with Crippen LogP contribution in [0.4, 0.5) is 10.8 Å². The lowest BCUT2D eigenvalue weighted by Gasteiger charge is -2.03. The van der Waals surface area contributed by atoms with Crippen molar-refractivity contribution in [1.82, 2.24) is 4.98 Å². The van der Waals surface area contributed by atoms with Gasteiger partial charge in [-0.05, 0) is 11.4 Å². The van der Waals surface area contributed by atoms with Crippen LogP contribution in [0.1, 0.15) is 5.56 Å². The van der Waals surface area contributed by atoms with Crippen molar-refractivity contribution < 1.29 is 9.72 Å². The van der Waals surface area contributed by atoms with Gasteiger partial charge in [-0.1, -0.05) is 24.3 Å². The minimum absolute atomic E-state index is 0.0546. The number of nitrogens with zero attached hydrogens (tertiary/aromatic N) is 2. The maximum atomic E-state index is 12.1. The first kappa shape index (κ1) is 15.3. The van der Waals surface area contributed by atoms with Gasteiger partial charge < -0.3 is 5.32 Å². The molecule has 3 aromatic rings. The predicted molar refractivity (Wildman–Crippen MR) is 90.9 cm³/mol. The van der Waals surface area contributed by atoms with Gasteiger partial charge >= 0.3 is 0 Å². The highest BCUT2D eigenvalue weighted by Crippen LogP contribution is 2.28. The number of benzene rings is 1. The van der Waals surface area contributed by atoms with E-state index in [-0.39, 0.29) is 18.0 Å². The largest absolute Gasteiger partial charge is 0.302 e. The van der Waals surface area contributed by atoms with E-state index in [4.69, 9.17) is 0 Å². The Morgan fingerprint density at radius 2 is 2.04 bits per heavy atom. The Morgan fingerprint density at radius 3 is 2.78 bits per heavy atom. The van der Waals surface area contributed by atoms with Gasteiger partial charge in [0.05, 0.1) is 21.9 Å². The molecule has 0 fully saturated rings. The van der Waals surface area contributed by atoms with Crippen molar-refractivity contribution in [2.45, 2.75) is 6.42 Å². The van der Waals surface area contributed by atoms with Crippen LogP contribution in [-0.4, -0.2) is 15.8 Å². The molecular formula is C15H11N3O3S2. The van der Waals surface area contributed by atoms with Crippen LogP contribution in [0.15, 0.2) is 47.2 Å². The van der Waals surface area contributed by atoms with Gasteiger partial charge in [0.15, 0.2) is 5.13 Å². The number of rotatable bonds is 5. The second-order valence-electron chi connectivity index (χ2n) is 4.63. The van der Waals surface area contributed by atoms with E-state index < -0.39 is 4.92 Å². The third kappa shape index (κ3) is 3.61. The molecule has 0 radical (unpaired) electrons. The molecule has 0 aliphatic carbocycles. The van der Waals surface area contributed by atoms with Crippen LogP contribution in [0.3, 0.4) is 0 Å². The Labute approximate surface area is 139 Å². The molecule has 0 spiro atoms. The number of aromatic nitrogens is 1. The average Bonchev–Trinajstić information content (AvgIpc) is 3.18. The monoisotopic (exact) mass is 345 g/mol. The summed E-state index contributed by atoms with van der Waals surface area (Å²) in [6, 6.07) is 10.1. The summed E-state index contributed by atoms with van der Waals surface area (Å²) in [6.45, 7) is 0. The van der Waals surface area contributed by atoms with Crippen molar-refractivity contribution in [2.75, 3.05) is 5.32 Å². The molecule has 0 aliphatic rings. The maximum absolute atomic E-state index is 12.1.